The van der Waals surface area contributed by atoms with Crippen LogP contribution in [0.3, 0.4) is 0 Å². The summed E-state index contributed by atoms with van der Waals surface area (Å²) in [4.78, 5) is 33.7. The van der Waals surface area contributed by atoms with Crippen LogP contribution in [0.15, 0.2) is 0 Å². The van der Waals surface area contributed by atoms with Crippen molar-refractivity contribution in [1.29, 1.82) is 0 Å². The van der Waals surface area contributed by atoms with E-state index in [1.807, 2.05) is 6.92 Å². The van der Waals surface area contributed by atoms with Crippen molar-refractivity contribution < 1.29 is 24.6 Å². The lowest BCUT2D eigenvalue weighted by atomic mass is 9.99. The Hall–Kier alpha value is -1.67. The molecule has 8 nitrogen and oxygen atoms in total. The first-order valence-electron chi connectivity index (χ1n) is 5.99. The molecule has 0 aliphatic carbocycles. The second-order valence-electron chi connectivity index (χ2n) is 4.28. The Morgan fingerprint density at radius 1 is 1.32 bits per heavy atom. The van der Waals surface area contributed by atoms with Crippen LogP contribution in [-0.4, -0.2) is 53.2 Å². The summed E-state index contributed by atoms with van der Waals surface area (Å²) in [6.45, 7) is 2.61. The summed E-state index contributed by atoms with van der Waals surface area (Å²) >= 11 is 0. The fraction of sp³-hybridized carbons (Fsp3) is 0.727. The number of aliphatic carboxylic acids is 1. The van der Waals surface area contributed by atoms with E-state index in [0.29, 0.717) is 6.42 Å². The summed E-state index contributed by atoms with van der Waals surface area (Å²) in [5, 5.41) is 22.1. The summed E-state index contributed by atoms with van der Waals surface area (Å²) in [5.74, 6) is -2.64. The second kappa shape index (κ2) is 8.44. The third-order valence-corrected chi connectivity index (χ3v) is 2.75. The quantitative estimate of drug-likeness (QED) is 0.348. The van der Waals surface area contributed by atoms with Crippen LogP contribution in [0.25, 0.3) is 0 Å². The maximum Gasteiger partial charge on any atom is 0.326 e. The maximum atomic E-state index is 11.5. The van der Waals surface area contributed by atoms with Gasteiger partial charge in [-0.1, -0.05) is 20.3 Å². The van der Waals surface area contributed by atoms with Gasteiger partial charge >= 0.3 is 5.97 Å². The molecule has 0 spiro atoms. The fourth-order valence-electron chi connectivity index (χ4n) is 1.29. The lowest BCUT2D eigenvalue weighted by molar-refractivity contribution is -0.143. The molecule has 110 valence electrons. The molecule has 2 amide bonds. The topological polar surface area (TPSA) is 142 Å². The normalized spacial score (nSPS) is 15.2. The molecule has 0 saturated carbocycles. The number of carboxylic acids is 1. The Labute approximate surface area is 111 Å². The van der Waals surface area contributed by atoms with Crippen LogP contribution in [0.4, 0.5) is 0 Å². The number of carbonyl (C=O) groups is 3. The predicted octanol–water partition coefficient (Wildman–Crippen LogP) is -1.96. The van der Waals surface area contributed by atoms with E-state index in [1.165, 1.54) is 0 Å². The second-order valence-corrected chi connectivity index (χ2v) is 4.28. The molecule has 3 atom stereocenters. The van der Waals surface area contributed by atoms with Gasteiger partial charge in [-0.3, -0.25) is 9.59 Å². The van der Waals surface area contributed by atoms with E-state index < -0.39 is 36.5 Å². The predicted molar refractivity (Wildman–Crippen MR) is 67.1 cm³/mol. The fourth-order valence-corrected chi connectivity index (χ4v) is 1.29. The standard InChI is InChI=1S/C11H21N3O5/c1-3-6(2)9(11(18)19)14-8(16)4-13-10(17)7(12)5-15/h6-7,9,15H,3-5,12H2,1-2H3,(H,13,17)(H,14,16)(H,18,19)/t6-,7-,9-/m0/s1. The van der Waals surface area contributed by atoms with E-state index in [0.717, 1.165) is 0 Å². The molecule has 0 aromatic heterocycles. The molecule has 0 aliphatic rings. The lowest BCUT2D eigenvalue weighted by Gasteiger charge is -2.20. The zero-order chi connectivity index (χ0) is 15.0. The van der Waals surface area contributed by atoms with Gasteiger partial charge in [0.25, 0.3) is 0 Å². The number of hydrogen-bond acceptors (Lipinski definition) is 5. The first-order valence-corrected chi connectivity index (χ1v) is 5.99. The molecule has 0 aliphatic heterocycles. The molecule has 0 aromatic rings. The van der Waals surface area contributed by atoms with Gasteiger partial charge in [0.1, 0.15) is 12.1 Å². The van der Waals surface area contributed by atoms with Crippen molar-refractivity contribution in [3.63, 3.8) is 0 Å². The first kappa shape index (κ1) is 17.3. The average Bonchev–Trinajstić information content (AvgIpc) is 2.39. The monoisotopic (exact) mass is 275 g/mol. The van der Waals surface area contributed by atoms with Crippen molar-refractivity contribution in [2.24, 2.45) is 11.7 Å². The lowest BCUT2D eigenvalue weighted by Crippen LogP contribution is -2.50. The SMILES string of the molecule is CC[C@H](C)[C@H](NC(=O)CNC(=O)[C@@H](N)CO)C(=O)O. The summed E-state index contributed by atoms with van der Waals surface area (Å²) < 4.78 is 0. The highest BCUT2D eigenvalue weighted by molar-refractivity contribution is 5.89. The van der Waals surface area contributed by atoms with Gasteiger partial charge in [-0.2, -0.15) is 0 Å². The first-order chi connectivity index (χ1) is 8.83. The number of amides is 2. The van der Waals surface area contributed by atoms with Crippen LogP contribution in [0.2, 0.25) is 0 Å². The van der Waals surface area contributed by atoms with Crippen molar-refractivity contribution in [2.45, 2.75) is 32.4 Å². The van der Waals surface area contributed by atoms with Crippen LogP contribution in [0, 0.1) is 5.92 Å². The van der Waals surface area contributed by atoms with Gasteiger partial charge in [-0.25, -0.2) is 4.79 Å². The summed E-state index contributed by atoms with van der Waals surface area (Å²) in [7, 11) is 0. The highest BCUT2D eigenvalue weighted by Gasteiger charge is 2.25. The molecule has 0 heterocycles. The smallest absolute Gasteiger partial charge is 0.326 e. The maximum absolute atomic E-state index is 11.5. The summed E-state index contributed by atoms with van der Waals surface area (Å²) in [6, 6.07) is -2.10. The van der Waals surface area contributed by atoms with E-state index in [1.54, 1.807) is 6.92 Å². The van der Waals surface area contributed by atoms with Crippen LogP contribution >= 0.6 is 0 Å². The van der Waals surface area contributed by atoms with Crippen LogP contribution in [0.5, 0.6) is 0 Å². The van der Waals surface area contributed by atoms with E-state index in [4.69, 9.17) is 15.9 Å². The minimum Gasteiger partial charge on any atom is -0.480 e. The third-order valence-electron chi connectivity index (χ3n) is 2.75. The average molecular weight is 275 g/mol. The number of nitrogens with one attached hydrogen (secondary N) is 2. The molecule has 0 rings (SSSR count). The highest BCUT2D eigenvalue weighted by atomic mass is 16.4. The molecular weight excluding hydrogens is 254 g/mol. The van der Waals surface area contributed by atoms with Gasteiger partial charge in [-0.15, -0.1) is 0 Å². The van der Waals surface area contributed by atoms with Crippen LogP contribution in [-0.2, 0) is 14.4 Å². The van der Waals surface area contributed by atoms with E-state index in [9.17, 15) is 14.4 Å². The molecule has 0 radical (unpaired) electrons. The van der Waals surface area contributed by atoms with Gasteiger partial charge < -0.3 is 26.6 Å². The van der Waals surface area contributed by atoms with Gasteiger partial charge in [0, 0.05) is 0 Å². The molecule has 0 unspecified atom stereocenters. The van der Waals surface area contributed by atoms with E-state index >= 15 is 0 Å². The zero-order valence-corrected chi connectivity index (χ0v) is 11.0. The third kappa shape index (κ3) is 6.16. The number of aliphatic hydroxyl groups excluding tert-OH is 1. The number of carbonyl (C=O) groups excluding carboxylic acids is 2. The zero-order valence-electron chi connectivity index (χ0n) is 11.0. The van der Waals surface area contributed by atoms with Crippen LogP contribution in [0.1, 0.15) is 20.3 Å². The Kier molecular flexibility index (Phi) is 7.69. The van der Waals surface area contributed by atoms with Gasteiger partial charge in [-0.05, 0) is 5.92 Å². The number of nitrogens with two attached hydrogens (primary N) is 1. The van der Waals surface area contributed by atoms with Crippen molar-refractivity contribution in [3.05, 3.63) is 0 Å². The highest BCUT2D eigenvalue weighted by Crippen LogP contribution is 2.07. The Morgan fingerprint density at radius 3 is 2.32 bits per heavy atom. The van der Waals surface area contributed by atoms with Crippen molar-refractivity contribution in [2.75, 3.05) is 13.2 Å². The van der Waals surface area contributed by atoms with Crippen molar-refractivity contribution >= 4 is 17.8 Å². The molecule has 6 N–H and O–H groups in total. The number of rotatable bonds is 8. The number of hydrogen-bond donors (Lipinski definition) is 5. The molecule has 0 bridgehead atoms. The number of carboxylic acid groups (broad SMARTS) is 1. The Bertz CT molecular complexity index is 334. The molecule has 0 saturated heterocycles. The molecule has 19 heavy (non-hydrogen) atoms. The molecule has 8 heteroatoms. The van der Waals surface area contributed by atoms with Crippen LogP contribution < -0.4 is 16.4 Å². The van der Waals surface area contributed by atoms with Gasteiger partial charge in [0.05, 0.1) is 13.2 Å². The minimum atomic E-state index is -1.12. The van der Waals surface area contributed by atoms with E-state index in [2.05, 4.69) is 10.6 Å². The molecule has 0 fully saturated rings. The summed E-state index contributed by atoms with van der Waals surface area (Å²) in [5.41, 5.74) is 5.23. The Morgan fingerprint density at radius 2 is 1.89 bits per heavy atom. The minimum absolute atomic E-state index is 0.225. The van der Waals surface area contributed by atoms with Gasteiger partial charge in [0.15, 0.2) is 0 Å². The van der Waals surface area contributed by atoms with E-state index in [-0.39, 0.29) is 12.5 Å². The molecule has 0 aromatic carbocycles. The summed E-state index contributed by atoms with van der Waals surface area (Å²) in [6.07, 6.45) is 0.596. The number of aliphatic hydroxyl groups is 1. The van der Waals surface area contributed by atoms with Crippen molar-refractivity contribution in [1.82, 2.24) is 10.6 Å². The Balaban J connectivity index is 4.28. The van der Waals surface area contributed by atoms with Gasteiger partial charge in [0.2, 0.25) is 11.8 Å². The molecular formula is C11H21N3O5. The van der Waals surface area contributed by atoms with Crippen molar-refractivity contribution in [3.8, 4) is 0 Å². The largest absolute Gasteiger partial charge is 0.480 e.